The third-order valence-corrected chi connectivity index (χ3v) is 9.62. The molecule has 3 N–H and O–H groups in total. The van der Waals surface area contributed by atoms with Crippen LogP contribution in [0, 0.1) is 5.92 Å². The fraction of sp³-hybridized carbons (Fsp3) is 0.867. The zero-order valence-corrected chi connectivity index (χ0v) is 16.3. The predicted molar refractivity (Wildman–Crippen MR) is 95.8 cm³/mol. The fourth-order valence-electron chi connectivity index (χ4n) is 2.55. The van der Waals surface area contributed by atoms with Gasteiger partial charge in [-0.15, -0.1) is 0 Å². The van der Waals surface area contributed by atoms with Gasteiger partial charge >= 0.3 is 6.09 Å². The van der Waals surface area contributed by atoms with E-state index in [4.69, 9.17) is 21.8 Å². The van der Waals surface area contributed by atoms with Crippen molar-refractivity contribution in [3.8, 4) is 0 Å². The van der Waals surface area contributed by atoms with E-state index >= 15 is 0 Å². The minimum Gasteiger partial charge on any atom is -0.465 e. The maximum absolute atomic E-state index is 10.6. The lowest BCUT2D eigenvalue weighted by molar-refractivity contribution is 0.0780. The van der Waals surface area contributed by atoms with Crippen molar-refractivity contribution in [1.82, 2.24) is 10.6 Å². The topological polar surface area (TPSA) is 70.6 Å². The summed E-state index contributed by atoms with van der Waals surface area (Å²) in [4.78, 5) is 10.6. The molecular formula is C15H30N2O3SSi. The van der Waals surface area contributed by atoms with Crippen molar-refractivity contribution in [2.45, 2.75) is 77.2 Å². The van der Waals surface area contributed by atoms with Gasteiger partial charge in [0.25, 0.3) is 0 Å². The second-order valence-corrected chi connectivity index (χ2v) is 13.0. The highest BCUT2D eigenvalue weighted by atomic mass is 32.1. The first-order valence-corrected chi connectivity index (χ1v) is 11.2. The van der Waals surface area contributed by atoms with E-state index in [1.165, 1.54) is 0 Å². The SMILES string of the molecule is C[C@H]1C[C@@H](NC(=S)NC(=O)O)CC[C@@H]1O[Si](C)(C)C(C)(C)C. The Bertz CT molecular complexity index is 424. The van der Waals surface area contributed by atoms with Crippen LogP contribution in [0.5, 0.6) is 0 Å². The summed E-state index contributed by atoms with van der Waals surface area (Å²) in [6, 6.07) is 0.216. The minimum atomic E-state index is -1.75. The monoisotopic (exact) mass is 346 g/mol. The van der Waals surface area contributed by atoms with Crippen LogP contribution in [0.3, 0.4) is 0 Å². The Balaban J connectivity index is 2.53. The molecule has 0 aromatic heterocycles. The highest BCUT2D eigenvalue weighted by Crippen LogP contribution is 2.40. The van der Waals surface area contributed by atoms with Crippen LogP contribution in [-0.2, 0) is 4.43 Å². The molecule has 1 amide bonds. The first kappa shape index (κ1) is 19.4. The summed E-state index contributed by atoms with van der Waals surface area (Å²) in [7, 11) is -1.75. The van der Waals surface area contributed by atoms with Gasteiger partial charge in [0.1, 0.15) is 0 Å². The van der Waals surface area contributed by atoms with Crippen LogP contribution in [0.2, 0.25) is 18.1 Å². The molecule has 1 rings (SSSR count). The maximum atomic E-state index is 10.6. The quantitative estimate of drug-likeness (QED) is 0.537. The normalized spacial score (nSPS) is 26.4. The van der Waals surface area contributed by atoms with Gasteiger partial charge < -0.3 is 14.8 Å². The zero-order chi connectivity index (χ0) is 17.1. The van der Waals surface area contributed by atoms with E-state index in [2.05, 4.69) is 51.4 Å². The van der Waals surface area contributed by atoms with Crippen molar-refractivity contribution >= 4 is 31.7 Å². The molecule has 5 nitrogen and oxygen atoms in total. The lowest BCUT2D eigenvalue weighted by Crippen LogP contribution is -2.50. The number of thiocarbonyl (C=S) groups is 1. The summed E-state index contributed by atoms with van der Waals surface area (Å²) >= 11 is 4.99. The van der Waals surface area contributed by atoms with E-state index in [1.807, 2.05) is 0 Å². The average molecular weight is 347 g/mol. The van der Waals surface area contributed by atoms with Gasteiger partial charge in [0.15, 0.2) is 13.4 Å². The second-order valence-electron chi connectivity index (χ2n) is 7.81. The molecule has 1 aliphatic carbocycles. The fourth-order valence-corrected chi connectivity index (χ4v) is 4.26. The molecule has 128 valence electrons. The third-order valence-electron chi connectivity index (χ3n) is 4.90. The number of carboxylic acid groups (broad SMARTS) is 1. The number of hydrogen-bond donors (Lipinski definition) is 3. The van der Waals surface area contributed by atoms with E-state index in [-0.39, 0.29) is 16.2 Å². The molecule has 0 spiro atoms. The van der Waals surface area contributed by atoms with E-state index in [9.17, 15) is 4.79 Å². The lowest BCUT2D eigenvalue weighted by Gasteiger charge is -2.43. The first-order valence-electron chi connectivity index (χ1n) is 7.90. The Morgan fingerprint density at radius 2 is 1.91 bits per heavy atom. The molecule has 22 heavy (non-hydrogen) atoms. The van der Waals surface area contributed by atoms with Gasteiger partial charge in [-0.25, -0.2) is 4.79 Å². The summed E-state index contributed by atoms with van der Waals surface area (Å²) < 4.78 is 6.54. The summed E-state index contributed by atoms with van der Waals surface area (Å²) in [6.07, 6.45) is 2.05. The molecule has 0 aromatic carbocycles. The number of nitrogens with one attached hydrogen (secondary N) is 2. The second kappa shape index (κ2) is 7.27. The van der Waals surface area contributed by atoms with E-state index < -0.39 is 14.4 Å². The van der Waals surface area contributed by atoms with Crippen molar-refractivity contribution in [2.24, 2.45) is 5.92 Å². The van der Waals surface area contributed by atoms with Crippen LogP contribution in [0.25, 0.3) is 0 Å². The average Bonchev–Trinajstić information content (AvgIpc) is 2.29. The molecule has 0 unspecified atom stereocenters. The molecule has 0 saturated heterocycles. The highest BCUT2D eigenvalue weighted by molar-refractivity contribution is 7.80. The van der Waals surface area contributed by atoms with Crippen molar-refractivity contribution in [1.29, 1.82) is 0 Å². The molecule has 7 heteroatoms. The van der Waals surface area contributed by atoms with Gasteiger partial charge in [-0.2, -0.15) is 0 Å². The number of carbonyl (C=O) groups is 1. The zero-order valence-electron chi connectivity index (χ0n) is 14.5. The summed E-state index contributed by atoms with van der Waals surface area (Å²) in [5, 5.41) is 14.3. The van der Waals surface area contributed by atoms with Crippen molar-refractivity contribution in [3.63, 3.8) is 0 Å². The highest BCUT2D eigenvalue weighted by Gasteiger charge is 2.41. The Labute approximate surface area is 140 Å². The van der Waals surface area contributed by atoms with Crippen LogP contribution in [0.15, 0.2) is 0 Å². The molecular weight excluding hydrogens is 316 g/mol. The van der Waals surface area contributed by atoms with Crippen molar-refractivity contribution < 1.29 is 14.3 Å². The van der Waals surface area contributed by atoms with Gasteiger partial charge in [-0.3, -0.25) is 5.32 Å². The molecule has 1 fully saturated rings. The van der Waals surface area contributed by atoms with E-state index in [0.717, 1.165) is 19.3 Å². The van der Waals surface area contributed by atoms with Crippen molar-refractivity contribution in [3.05, 3.63) is 0 Å². The van der Waals surface area contributed by atoms with E-state index in [1.54, 1.807) is 0 Å². The molecule has 0 radical (unpaired) electrons. The molecule has 1 aliphatic rings. The maximum Gasteiger partial charge on any atom is 0.410 e. The molecule has 0 aromatic rings. The van der Waals surface area contributed by atoms with Gasteiger partial charge in [0.05, 0.1) is 0 Å². The standard InChI is InChI=1S/C15H30N2O3SSi/c1-10-9-11(16-13(21)17-14(18)19)7-8-12(10)20-22(5,6)15(2,3)4/h10-12H,7-9H2,1-6H3,(H,18,19)(H2,16,17,21)/t10-,11-,12-/m0/s1. The molecule has 0 heterocycles. The minimum absolute atomic E-state index is 0.188. The summed E-state index contributed by atoms with van der Waals surface area (Å²) in [5.41, 5.74) is 0. The molecule has 1 saturated carbocycles. The number of amides is 1. The number of hydrogen-bond acceptors (Lipinski definition) is 3. The Morgan fingerprint density at radius 1 is 1.32 bits per heavy atom. The Hall–Kier alpha value is -0.663. The van der Waals surface area contributed by atoms with Crippen LogP contribution < -0.4 is 10.6 Å². The smallest absolute Gasteiger partial charge is 0.410 e. The van der Waals surface area contributed by atoms with E-state index in [0.29, 0.717) is 12.0 Å². The molecule has 0 aliphatic heterocycles. The van der Waals surface area contributed by atoms with Crippen LogP contribution in [0.4, 0.5) is 4.79 Å². The van der Waals surface area contributed by atoms with Crippen LogP contribution in [-0.4, -0.2) is 36.8 Å². The van der Waals surface area contributed by atoms with Crippen LogP contribution in [0.1, 0.15) is 47.0 Å². The largest absolute Gasteiger partial charge is 0.465 e. The summed E-state index contributed by atoms with van der Waals surface area (Å²) in [6.45, 7) is 13.6. The first-order chi connectivity index (χ1) is 9.92. The lowest BCUT2D eigenvalue weighted by atomic mass is 9.85. The van der Waals surface area contributed by atoms with Gasteiger partial charge in [0, 0.05) is 12.1 Å². The number of rotatable bonds is 3. The molecule has 3 atom stereocenters. The Morgan fingerprint density at radius 3 is 2.36 bits per heavy atom. The van der Waals surface area contributed by atoms with Crippen molar-refractivity contribution in [2.75, 3.05) is 0 Å². The molecule has 0 bridgehead atoms. The predicted octanol–water partition coefficient (Wildman–Crippen LogP) is 3.71. The third kappa shape index (κ3) is 5.51. The van der Waals surface area contributed by atoms with Gasteiger partial charge in [0.2, 0.25) is 0 Å². The van der Waals surface area contributed by atoms with Gasteiger partial charge in [-0.05, 0) is 55.5 Å². The summed E-state index contributed by atoms with van der Waals surface area (Å²) in [5.74, 6) is 0.438. The van der Waals surface area contributed by atoms with Crippen LogP contribution >= 0.6 is 12.2 Å². The van der Waals surface area contributed by atoms with Gasteiger partial charge in [-0.1, -0.05) is 27.7 Å². The Kier molecular flexibility index (Phi) is 6.41.